The fourth-order valence-corrected chi connectivity index (χ4v) is 4.61. The maximum atomic E-state index is 13.0. The van der Waals surface area contributed by atoms with Crippen LogP contribution in [-0.4, -0.2) is 63.0 Å². The number of carbonyl (C=O) groups is 2. The number of sulfone groups is 1. The van der Waals surface area contributed by atoms with Crippen molar-refractivity contribution in [3.63, 3.8) is 0 Å². The molecule has 2 heterocycles. The first-order valence-corrected chi connectivity index (χ1v) is 13.6. The number of hydrogen-bond donors (Lipinski definition) is 2. The minimum absolute atomic E-state index is 0.0443. The van der Waals surface area contributed by atoms with Crippen molar-refractivity contribution in [1.29, 1.82) is 0 Å². The molecule has 2 amide bonds. The van der Waals surface area contributed by atoms with Crippen LogP contribution < -0.4 is 10.6 Å². The topological polar surface area (TPSA) is 118 Å². The van der Waals surface area contributed by atoms with Crippen LogP contribution in [0.25, 0.3) is 0 Å². The number of nitrogens with zero attached hydrogens (tertiary/aromatic N) is 1. The molecule has 2 N–H and O–H groups in total. The van der Waals surface area contributed by atoms with E-state index in [1.54, 1.807) is 6.26 Å². The van der Waals surface area contributed by atoms with Crippen LogP contribution in [0.2, 0.25) is 0 Å². The molecule has 34 heavy (non-hydrogen) atoms. The number of furan rings is 1. The highest BCUT2D eigenvalue weighted by Gasteiger charge is 2.28. The number of benzene rings is 1. The fraction of sp³-hybridized carbons (Fsp3) is 0.500. The molecule has 186 valence electrons. The van der Waals surface area contributed by atoms with Gasteiger partial charge in [0.15, 0.2) is 0 Å². The Bertz CT molecular complexity index is 1000. The molecule has 1 aromatic carbocycles. The van der Waals surface area contributed by atoms with Crippen LogP contribution in [0.3, 0.4) is 0 Å². The predicted octanol–water partition coefficient (Wildman–Crippen LogP) is 2.65. The zero-order valence-corrected chi connectivity index (χ0v) is 20.3. The molecule has 1 aliphatic rings. The van der Waals surface area contributed by atoms with Crippen molar-refractivity contribution in [3.8, 4) is 0 Å². The van der Waals surface area contributed by atoms with Crippen LogP contribution in [0.15, 0.2) is 53.1 Å². The van der Waals surface area contributed by atoms with Crippen LogP contribution >= 0.6 is 0 Å². The van der Waals surface area contributed by atoms with Gasteiger partial charge in [0.05, 0.1) is 18.1 Å². The van der Waals surface area contributed by atoms with Gasteiger partial charge in [-0.1, -0.05) is 36.8 Å². The van der Waals surface area contributed by atoms with Gasteiger partial charge in [0.25, 0.3) is 0 Å². The Morgan fingerprint density at radius 1 is 1.09 bits per heavy atom. The number of hydrogen-bond acceptors (Lipinski definition) is 7. The lowest BCUT2D eigenvalue weighted by atomic mass is 10.1. The van der Waals surface area contributed by atoms with E-state index in [9.17, 15) is 18.0 Å². The van der Waals surface area contributed by atoms with E-state index in [-0.39, 0.29) is 31.4 Å². The predicted molar refractivity (Wildman–Crippen MR) is 128 cm³/mol. The third-order valence-corrected chi connectivity index (χ3v) is 6.75. The molecular formula is C24H33N3O6S. The largest absolute Gasteiger partial charge is 0.468 e. The fourth-order valence-electron chi connectivity index (χ4n) is 3.95. The maximum absolute atomic E-state index is 13.0. The highest BCUT2D eigenvalue weighted by atomic mass is 32.2. The van der Waals surface area contributed by atoms with Crippen molar-refractivity contribution < 1.29 is 27.2 Å². The first-order chi connectivity index (χ1) is 16.3. The Morgan fingerprint density at radius 2 is 1.82 bits per heavy atom. The Hall–Kier alpha value is -2.85. The van der Waals surface area contributed by atoms with Gasteiger partial charge < -0.3 is 19.8 Å². The normalized spacial score (nSPS) is 16.4. The number of piperidine rings is 1. The molecular weight excluding hydrogens is 458 g/mol. The van der Waals surface area contributed by atoms with E-state index in [0.29, 0.717) is 0 Å². The zero-order valence-electron chi connectivity index (χ0n) is 19.4. The summed E-state index contributed by atoms with van der Waals surface area (Å²) in [6, 6.07) is 11.7. The summed E-state index contributed by atoms with van der Waals surface area (Å²) in [5, 5.41) is 5.40. The lowest BCUT2D eigenvalue weighted by molar-refractivity contribution is -0.123. The smallest absolute Gasteiger partial charge is 0.408 e. The summed E-state index contributed by atoms with van der Waals surface area (Å²) in [5.74, 6) is 0.0524. The maximum Gasteiger partial charge on any atom is 0.408 e. The minimum atomic E-state index is -3.32. The minimum Gasteiger partial charge on any atom is -0.468 e. The van der Waals surface area contributed by atoms with E-state index in [1.807, 2.05) is 42.5 Å². The second-order valence-electron chi connectivity index (χ2n) is 8.55. The number of rotatable bonds is 11. The molecule has 1 aromatic heterocycles. The van der Waals surface area contributed by atoms with Crippen molar-refractivity contribution >= 4 is 21.8 Å². The van der Waals surface area contributed by atoms with Crippen LogP contribution in [0, 0.1) is 0 Å². The summed E-state index contributed by atoms with van der Waals surface area (Å²) in [4.78, 5) is 27.6. The summed E-state index contributed by atoms with van der Waals surface area (Å²) in [6.45, 7) is 2.14. The van der Waals surface area contributed by atoms with E-state index in [2.05, 4.69) is 15.5 Å². The summed E-state index contributed by atoms with van der Waals surface area (Å²) in [5.41, 5.74) is 0.803. The van der Waals surface area contributed by atoms with Gasteiger partial charge in [0.1, 0.15) is 28.2 Å². The van der Waals surface area contributed by atoms with Gasteiger partial charge in [-0.25, -0.2) is 13.2 Å². The monoisotopic (exact) mass is 491 g/mol. The van der Waals surface area contributed by atoms with Crippen LogP contribution in [0.4, 0.5) is 4.79 Å². The molecule has 1 saturated heterocycles. The van der Waals surface area contributed by atoms with Crippen molar-refractivity contribution in [3.05, 3.63) is 60.1 Å². The van der Waals surface area contributed by atoms with Gasteiger partial charge in [0, 0.05) is 12.8 Å². The molecule has 9 nitrogen and oxygen atoms in total. The number of ether oxygens (including phenoxy) is 1. The number of alkyl carbamates (subject to hydrolysis) is 1. The Labute approximate surface area is 200 Å². The van der Waals surface area contributed by atoms with Crippen LogP contribution in [-0.2, 0) is 26.0 Å². The van der Waals surface area contributed by atoms with E-state index in [0.717, 1.165) is 43.5 Å². The SMILES string of the molecule is CS(=O)(=O)CCC(NC(=O)OCc1ccccc1)C(=O)NCC(c1ccco1)N1CCCCC1. The lowest BCUT2D eigenvalue weighted by Gasteiger charge is -2.33. The summed E-state index contributed by atoms with van der Waals surface area (Å²) in [7, 11) is -3.32. The molecule has 3 rings (SSSR count). The number of carbonyl (C=O) groups excluding carboxylic acids is 2. The van der Waals surface area contributed by atoms with Crippen molar-refractivity contribution in [2.24, 2.45) is 0 Å². The van der Waals surface area contributed by atoms with Gasteiger partial charge in [-0.2, -0.15) is 0 Å². The molecule has 0 bridgehead atoms. The van der Waals surface area contributed by atoms with Crippen molar-refractivity contribution in [1.82, 2.24) is 15.5 Å². The highest BCUT2D eigenvalue weighted by molar-refractivity contribution is 7.90. The van der Waals surface area contributed by atoms with Gasteiger partial charge in [0.2, 0.25) is 5.91 Å². The summed E-state index contributed by atoms with van der Waals surface area (Å²) >= 11 is 0. The van der Waals surface area contributed by atoms with E-state index in [1.165, 1.54) is 6.42 Å². The lowest BCUT2D eigenvalue weighted by Crippen LogP contribution is -2.49. The standard InChI is InChI=1S/C24H33N3O6S/c1-34(30,31)16-12-20(26-24(29)33-18-19-9-4-2-5-10-19)23(28)25-17-21(22-11-8-15-32-22)27-13-6-3-7-14-27/h2,4-5,8-11,15,20-21H,3,6-7,12-14,16-18H2,1H3,(H,25,28)(H,26,29). The first kappa shape index (κ1) is 25.8. The summed E-state index contributed by atoms with van der Waals surface area (Å²) in [6.07, 6.45) is 5.20. The quantitative estimate of drug-likeness (QED) is 0.496. The summed E-state index contributed by atoms with van der Waals surface area (Å²) < 4.78 is 34.2. The van der Waals surface area contributed by atoms with E-state index in [4.69, 9.17) is 9.15 Å². The average molecular weight is 492 g/mol. The molecule has 0 aliphatic carbocycles. The number of nitrogens with one attached hydrogen (secondary N) is 2. The molecule has 10 heteroatoms. The zero-order chi connectivity index (χ0) is 24.4. The van der Waals surface area contributed by atoms with Crippen molar-refractivity contribution in [2.45, 2.75) is 44.4 Å². The Kier molecular flexibility index (Phi) is 9.52. The molecule has 1 fully saturated rings. The molecule has 0 radical (unpaired) electrons. The molecule has 0 spiro atoms. The van der Waals surface area contributed by atoms with Gasteiger partial charge in [-0.3, -0.25) is 9.69 Å². The second-order valence-corrected chi connectivity index (χ2v) is 10.8. The average Bonchev–Trinajstić information content (AvgIpc) is 3.36. The molecule has 2 aromatic rings. The molecule has 2 unspecified atom stereocenters. The van der Waals surface area contributed by atoms with E-state index < -0.39 is 27.9 Å². The molecule has 0 saturated carbocycles. The second kappa shape index (κ2) is 12.6. The first-order valence-electron chi connectivity index (χ1n) is 11.5. The number of amides is 2. The molecule has 1 aliphatic heterocycles. The third kappa shape index (κ3) is 8.49. The Balaban J connectivity index is 1.61. The van der Waals surface area contributed by atoms with Gasteiger partial charge in [-0.15, -0.1) is 0 Å². The highest BCUT2D eigenvalue weighted by Crippen LogP contribution is 2.24. The Morgan fingerprint density at radius 3 is 2.47 bits per heavy atom. The van der Waals surface area contributed by atoms with E-state index >= 15 is 0 Å². The van der Waals surface area contributed by atoms with Gasteiger partial charge in [-0.05, 0) is 50.0 Å². The number of likely N-dealkylation sites (tertiary alicyclic amines) is 1. The van der Waals surface area contributed by atoms with Crippen molar-refractivity contribution in [2.75, 3.05) is 31.6 Å². The third-order valence-electron chi connectivity index (χ3n) is 5.77. The van der Waals surface area contributed by atoms with Crippen LogP contribution in [0.5, 0.6) is 0 Å². The van der Waals surface area contributed by atoms with Gasteiger partial charge >= 0.3 is 6.09 Å². The van der Waals surface area contributed by atoms with Crippen LogP contribution in [0.1, 0.15) is 43.0 Å². The molecule has 2 atom stereocenters.